The zero-order valence-electron chi connectivity index (χ0n) is 8.34. The first-order valence-corrected chi connectivity index (χ1v) is 5.75. The number of amides is 1. The quantitative estimate of drug-likeness (QED) is 0.569. The van der Waals surface area contributed by atoms with Crippen molar-refractivity contribution in [2.75, 3.05) is 0 Å². The molecule has 0 heterocycles. The van der Waals surface area contributed by atoms with Gasteiger partial charge in [0.2, 0.25) is 5.91 Å². The molecule has 1 unspecified atom stereocenters. The molecule has 78 valence electrons. The lowest BCUT2D eigenvalue weighted by molar-refractivity contribution is -0.142. The molecule has 2 saturated carbocycles. The summed E-state index contributed by atoms with van der Waals surface area (Å²) in [4.78, 5) is 23.3. The first kappa shape index (κ1) is 10.1. The summed E-state index contributed by atoms with van der Waals surface area (Å²) in [6, 6.07) is 0. The van der Waals surface area contributed by atoms with Crippen LogP contribution in [0, 0.1) is 16.7 Å². The molecule has 2 rings (SSSR count). The molecule has 3 atom stereocenters. The smallest absolute Gasteiger partial charge is 0.231 e. The first-order chi connectivity index (χ1) is 6.35. The van der Waals surface area contributed by atoms with Gasteiger partial charge in [-0.2, -0.15) is 0 Å². The van der Waals surface area contributed by atoms with E-state index in [0.717, 1.165) is 6.42 Å². The van der Waals surface area contributed by atoms with Gasteiger partial charge in [0.15, 0.2) is 5.78 Å². The van der Waals surface area contributed by atoms with Crippen LogP contribution in [0.2, 0.25) is 0 Å². The summed E-state index contributed by atoms with van der Waals surface area (Å²) in [7, 11) is 0. The minimum Gasteiger partial charge on any atom is -0.369 e. The zero-order valence-corrected chi connectivity index (χ0v) is 9.93. The number of nitrogens with two attached hydrogens (primary N) is 1. The van der Waals surface area contributed by atoms with Gasteiger partial charge in [0.05, 0.1) is 4.83 Å². The van der Waals surface area contributed by atoms with Gasteiger partial charge in [0.25, 0.3) is 0 Å². The third kappa shape index (κ3) is 0.794. The normalized spacial score (nSPS) is 44.4. The Kier molecular flexibility index (Phi) is 1.88. The highest BCUT2D eigenvalue weighted by Gasteiger charge is 2.71. The standard InChI is InChI=1S/C10H14BrNO2/c1-9(2)5-3-4-10(9,8(12)14)7(13)6(5)11/h5-6H,3-4H2,1-2H3,(H2,12,14)/t5-,6?,10+/m1/s1. The third-order valence-corrected chi connectivity index (χ3v) is 5.36. The average Bonchev–Trinajstić information content (AvgIpc) is 2.41. The highest BCUT2D eigenvalue weighted by Crippen LogP contribution is 2.65. The van der Waals surface area contributed by atoms with Crippen molar-refractivity contribution in [3.8, 4) is 0 Å². The Morgan fingerprint density at radius 3 is 2.43 bits per heavy atom. The van der Waals surface area contributed by atoms with Crippen LogP contribution in [-0.2, 0) is 9.59 Å². The number of rotatable bonds is 1. The van der Waals surface area contributed by atoms with E-state index in [4.69, 9.17) is 5.73 Å². The van der Waals surface area contributed by atoms with E-state index in [1.54, 1.807) is 0 Å². The van der Waals surface area contributed by atoms with E-state index < -0.39 is 11.3 Å². The van der Waals surface area contributed by atoms with Gasteiger partial charge in [-0.15, -0.1) is 0 Å². The van der Waals surface area contributed by atoms with Crippen LogP contribution in [0.3, 0.4) is 0 Å². The minimum atomic E-state index is -0.911. The molecular weight excluding hydrogens is 246 g/mol. The summed E-state index contributed by atoms with van der Waals surface area (Å²) in [6.45, 7) is 3.96. The number of carbonyl (C=O) groups is 2. The maximum absolute atomic E-state index is 12.0. The number of carbonyl (C=O) groups excluding carboxylic acids is 2. The predicted octanol–water partition coefficient (Wildman–Crippen LogP) is 1.24. The summed E-state index contributed by atoms with van der Waals surface area (Å²) < 4.78 is 0. The van der Waals surface area contributed by atoms with E-state index in [2.05, 4.69) is 15.9 Å². The molecule has 2 aliphatic rings. The number of hydrogen-bond donors (Lipinski definition) is 1. The Labute approximate surface area is 91.5 Å². The molecule has 4 heteroatoms. The largest absolute Gasteiger partial charge is 0.369 e. The number of ketones is 1. The highest BCUT2D eigenvalue weighted by atomic mass is 79.9. The molecule has 0 saturated heterocycles. The van der Waals surface area contributed by atoms with Gasteiger partial charge in [0.1, 0.15) is 5.41 Å². The van der Waals surface area contributed by atoms with Crippen molar-refractivity contribution in [3.63, 3.8) is 0 Å². The Morgan fingerprint density at radius 1 is 1.57 bits per heavy atom. The van der Waals surface area contributed by atoms with Crippen LogP contribution in [-0.4, -0.2) is 16.5 Å². The van der Waals surface area contributed by atoms with E-state index >= 15 is 0 Å². The van der Waals surface area contributed by atoms with E-state index in [1.165, 1.54) is 0 Å². The van der Waals surface area contributed by atoms with Crippen LogP contribution in [0.4, 0.5) is 0 Å². The fourth-order valence-corrected chi connectivity index (χ4v) is 4.62. The SMILES string of the molecule is CC1(C)[C@@H]2CC[C@@]1(C(N)=O)C(=O)C2Br. The molecule has 2 aliphatic carbocycles. The molecule has 1 amide bonds. The van der Waals surface area contributed by atoms with Crippen LogP contribution in [0.5, 0.6) is 0 Å². The molecule has 0 radical (unpaired) electrons. The number of primary amides is 1. The lowest BCUT2D eigenvalue weighted by atomic mass is 9.68. The van der Waals surface area contributed by atoms with Crippen molar-refractivity contribution in [3.05, 3.63) is 0 Å². The van der Waals surface area contributed by atoms with Gasteiger partial charge in [-0.3, -0.25) is 9.59 Å². The molecule has 2 fully saturated rings. The van der Waals surface area contributed by atoms with Gasteiger partial charge < -0.3 is 5.73 Å². The summed E-state index contributed by atoms with van der Waals surface area (Å²) in [5.74, 6) is -0.203. The number of hydrogen-bond acceptors (Lipinski definition) is 2. The van der Waals surface area contributed by atoms with E-state index in [0.29, 0.717) is 6.42 Å². The maximum Gasteiger partial charge on any atom is 0.231 e. The Morgan fingerprint density at radius 2 is 2.14 bits per heavy atom. The molecule has 0 aromatic rings. The monoisotopic (exact) mass is 259 g/mol. The van der Waals surface area contributed by atoms with Crippen molar-refractivity contribution in [2.24, 2.45) is 22.5 Å². The third-order valence-electron chi connectivity index (χ3n) is 4.30. The molecule has 0 spiro atoms. The Bertz CT molecular complexity index is 326. The summed E-state index contributed by atoms with van der Waals surface area (Å²) in [5.41, 5.74) is 4.22. The van der Waals surface area contributed by atoms with Crippen LogP contribution in [0.1, 0.15) is 26.7 Å². The van der Waals surface area contributed by atoms with Crippen LogP contribution in [0.25, 0.3) is 0 Å². The fourth-order valence-electron chi connectivity index (χ4n) is 3.30. The fraction of sp³-hybridized carbons (Fsp3) is 0.800. The van der Waals surface area contributed by atoms with Gasteiger partial charge in [0, 0.05) is 0 Å². The van der Waals surface area contributed by atoms with Crippen molar-refractivity contribution in [1.29, 1.82) is 0 Å². The summed E-state index contributed by atoms with van der Waals surface area (Å²) in [6.07, 6.45) is 1.54. The van der Waals surface area contributed by atoms with Crippen molar-refractivity contribution in [2.45, 2.75) is 31.5 Å². The van der Waals surface area contributed by atoms with Gasteiger partial charge in [-0.25, -0.2) is 0 Å². The molecular formula is C10H14BrNO2. The molecule has 3 nitrogen and oxygen atoms in total. The second kappa shape index (κ2) is 2.60. The summed E-state index contributed by atoms with van der Waals surface area (Å²) >= 11 is 3.38. The average molecular weight is 260 g/mol. The lowest BCUT2D eigenvalue weighted by Gasteiger charge is -2.32. The first-order valence-electron chi connectivity index (χ1n) is 4.84. The Hall–Kier alpha value is -0.380. The second-order valence-electron chi connectivity index (χ2n) is 4.90. The molecule has 2 bridgehead atoms. The van der Waals surface area contributed by atoms with Crippen LogP contribution in [0.15, 0.2) is 0 Å². The van der Waals surface area contributed by atoms with Crippen LogP contribution < -0.4 is 5.73 Å². The molecule has 0 aromatic carbocycles. The van der Waals surface area contributed by atoms with Crippen LogP contribution >= 0.6 is 15.9 Å². The van der Waals surface area contributed by atoms with E-state index in [9.17, 15) is 9.59 Å². The topological polar surface area (TPSA) is 60.2 Å². The summed E-state index contributed by atoms with van der Waals surface area (Å²) in [5, 5.41) is 0. The zero-order chi connectivity index (χ0) is 10.7. The number of Topliss-reactive ketones (excluding diaryl/α,β-unsaturated/α-hetero) is 1. The van der Waals surface area contributed by atoms with Gasteiger partial charge >= 0.3 is 0 Å². The highest BCUT2D eigenvalue weighted by molar-refractivity contribution is 9.10. The minimum absolute atomic E-state index is 0.00810. The molecule has 0 aromatic heterocycles. The molecule has 14 heavy (non-hydrogen) atoms. The van der Waals surface area contributed by atoms with Gasteiger partial charge in [-0.05, 0) is 24.2 Å². The predicted molar refractivity (Wildman–Crippen MR) is 55.9 cm³/mol. The van der Waals surface area contributed by atoms with Crippen molar-refractivity contribution < 1.29 is 9.59 Å². The lowest BCUT2D eigenvalue weighted by Crippen LogP contribution is -2.48. The van der Waals surface area contributed by atoms with E-state index in [1.807, 2.05) is 13.8 Å². The second-order valence-corrected chi connectivity index (χ2v) is 5.89. The molecule has 2 N–H and O–H groups in total. The maximum atomic E-state index is 12.0. The van der Waals surface area contributed by atoms with E-state index in [-0.39, 0.29) is 21.9 Å². The number of fused-ring (bicyclic) bond motifs is 2. The number of alkyl halides is 1. The molecule has 0 aliphatic heterocycles. The Balaban J connectivity index is 2.59. The van der Waals surface area contributed by atoms with Crippen molar-refractivity contribution >= 4 is 27.6 Å². The number of halogens is 1. The van der Waals surface area contributed by atoms with Gasteiger partial charge in [-0.1, -0.05) is 29.8 Å². The van der Waals surface area contributed by atoms with Crippen molar-refractivity contribution in [1.82, 2.24) is 0 Å².